The standard InChI is InChI=1S/C23H36N2O8/c1-8-12(4)17(24-21(30)33-22(5,6)7)18(27)25-23(20(29)32-10-3)11-13(26)14-15(16(14)23)19(28)31-9-2/h9,12-17,26H,2,8,10-11H2,1,3-7H3,(H,24,30)(H,25,27)/t12-,13-,14-,15-,16-,17?,23-/m0/s1. The lowest BCUT2D eigenvalue weighted by atomic mass is 9.88. The van der Waals surface area contributed by atoms with Crippen LogP contribution in [0.15, 0.2) is 12.8 Å². The van der Waals surface area contributed by atoms with Gasteiger partial charge in [0.25, 0.3) is 0 Å². The number of fused-ring (bicyclic) bond motifs is 1. The lowest BCUT2D eigenvalue weighted by Crippen LogP contribution is -2.62. The number of aliphatic hydroxyl groups is 1. The molecule has 0 spiro atoms. The molecule has 0 aliphatic heterocycles. The van der Waals surface area contributed by atoms with Crippen LogP contribution in [0.5, 0.6) is 0 Å². The molecule has 10 heteroatoms. The predicted molar refractivity (Wildman–Crippen MR) is 118 cm³/mol. The van der Waals surface area contributed by atoms with E-state index in [1.807, 2.05) is 6.92 Å². The molecular formula is C23H36N2O8. The molecule has 0 aromatic heterocycles. The average Bonchev–Trinajstić information content (AvgIpc) is 3.40. The third-order valence-corrected chi connectivity index (χ3v) is 6.25. The number of aliphatic hydroxyl groups excluding tert-OH is 1. The van der Waals surface area contributed by atoms with Gasteiger partial charge in [-0.15, -0.1) is 0 Å². The van der Waals surface area contributed by atoms with Crippen molar-refractivity contribution < 1.29 is 38.5 Å². The maximum atomic E-state index is 13.4. The van der Waals surface area contributed by atoms with Crippen molar-refractivity contribution in [3.63, 3.8) is 0 Å². The quantitative estimate of drug-likeness (QED) is 0.264. The molecule has 0 aromatic rings. The summed E-state index contributed by atoms with van der Waals surface area (Å²) in [5.41, 5.74) is -2.38. The first kappa shape index (κ1) is 26.6. The highest BCUT2D eigenvalue weighted by molar-refractivity contribution is 5.94. The van der Waals surface area contributed by atoms with E-state index in [9.17, 15) is 24.3 Å². The first-order valence-electron chi connectivity index (χ1n) is 11.3. The smallest absolute Gasteiger partial charge is 0.408 e. The van der Waals surface area contributed by atoms with Crippen LogP contribution < -0.4 is 10.6 Å². The maximum absolute atomic E-state index is 13.4. The zero-order chi connectivity index (χ0) is 25.1. The zero-order valence-corrected chi connectivity index (χ0v) is 20.2. The van der Waals surface area contributed by atoms with Gasteiger partial charge in [0.1, 0.15) is 17.2 Å². The first-order valence-corrected chi connectivity index (χ1v) is 11.3. The molecule has 0 aromatic carbocycles. The summed E-state index contributed by atoms with van der Waals surface area (Å²) in [5, 5.41) is 15.9. The summed E-state index contributed by atoms with van der Waals surface area (Å²) in [6, 6.07) is -1.01. The normalized spacial score (nSPS) is 29.7. The van der Waals surface area contributed by atoms with E-state index in [-0.39, 0.29) is 18.9 Å². The number of nitrogens with one attached hydrogen (secondary N) is 2. The van der Waals surface area contributed by atoms with Gasteiger partial charge in [0, 0.05) is 18.3 Å². The minimum atomic E-state index is -1.62. The van der Waals surface area contributed by atoms with E-state index in [0.29, 0.717) is 6.42 Å². The SMILES string of the molecule is C=COC(=O)[C@H]1[C@H]2[C@@H]1[C@](NC(=O)C(NC(=O)OC(C)(C)C)[C@@H](C)CC)(C(=O)OCC)C[C@@H]2O. The molecule has 2 amide bonds. The molecule has 0 saturated heterocycles. The largest absolute Gasteiger partial charge is 0.464 e. The third-order valence-electron chi connectivity index (χ3n) is 6.25. The van der Waals surface area contributed by atoms with Crippen molar-refractivity contribution in [1.82, 2.24) is 10.6 Å². The van der Waals surface area contributed by atoms with Gasteiger partial charge >= 0.3 is 18.0 Å². The first-order chi connectivity index (χ1) is 15.3. The number of carbonyl (C=O) groups excluding carboxylic acids is 4. The summed E-state index contributed by atoms with van der Waals surface area (Å²) in [6.07, 6.45) is -0.343. The number of hydrogen-bond donors (Lipinski definition) is 3. The Morgan fingerprint density at radius 2 is 1.88 bits per heavy atom. The van der Waals surface area contributed by atoms with Gasteiger partial charge in [0.15, 0.2) is 0 Å². The summed E-state index contributed by atoms with van der Waals surface area (Å²) in [7, 11) is 0. The Labute approximate surface area is 194 Å². The minimum Gasteiger partial charge on any atom is -0.464 e. The Balaban J connectivity index is 2.32. The fourth-order valence-electron chi connectivity index (χ4n) is 4.61. The van der Waals surface area contributed by atoms with Crippen molar-refractivity contribution in [3.8, 4) is 0 Å². The molecule has 2 aliphatic carbocycles. The van der Waals surface area contributed by atoms with Gasteiger partial charge in [-0.1, -0.05) is 26.8 Å². The number of ether oxygens (including phenoxy) is 3. The van der Waals surface area contributed by atoms with E-state index >= 15 is 0 Å². The molecule has 0 bridgehead atoms. The summed E-state index contributed by atoms with van der Waals surface area (Å²) in [5.74, 6) is -4.31. The molecule has 186 valence electrons. The fraction of sp³-hybridized carbons (Fsp3) is 0.739. The highest BCUT2D eigenvalue weighted by atomic mass is 16.6. The summed E-state index contributed by atoms with van der Waals surface area (Å²) < 4.78 is 15.4. The van der Waals surface area contributed by atoms with Gasteiger partial charge < -0.3 is 30.0 Å². The number of esters is 2. The van der Waals surface area contributed by atoms with Crippen LogP contribution in [0, 0.1) is 23.7 Å². The molecule has 3 N–H and O–H groups in total. The highest BCUT2D eigenvalue weighted by Gasteiger charge is 2.76. The van der Waals surface area contributed by atoms with Crippen molar-refractivity contribution in [3.05, 3.63) is 12.8 Å². The van der Waals surface area contributed by atoms with E-state index in [2.05, 4.69) is 17.2 Å². The van der Waals surface area contributed by atoms with Crippen LogP contribution in [0.1, 0.15) is 54.4 Å². The second-order valence-electron chi connectivity index (χ2n) is 9.69. The molecule has 2 saturated carbocycles. The second kappa shape index (κ2) is 10.1. The van der Waals surface area contributed by atoms with E-state index in [4.69, 9.17) is 14.2 Å². The van der Waals surface area contributed by atoms with Crippen LogP contribution in [0.4, 0.5) is 4.79 Å². The topological polar surface area (TPSA) is 140 Å². The Hall–Kier alpha value is -2.62. The van der Waals surface area contributed by atoms with E-state index < -0.39 is 65.0 Å². The third kappa shape index (κ3) is 5.66. The molecule has 0 heterocycles. The van der Waals surface area contributed by atoms with Crippen LogP contribution in [-0.2, 0) is 28.6 Å². The van der Waals surface area contributed by atoms with Crippen LogP contribution in [0.2, 0.25) is 0 Å². The molecule has 33 heavy (non-hydrogen) atoms. The van der Waals surface area contributed by atoms with Crippen molar-refractivity contribution in [1.29, 1.82) is 0 Å². The molecule has 2 rings (SSSR count). The van der Waals surface area contributed by atoms with Crippen LogP contribution >= 0.6 is 0 Å². The van der Waals surface area contributed by atoms with Crippen LogP contribution in [-0.4, -0.2) is 58.9 Å². The molecule has 0 radical (unpaired) electrons. The van der Waals surface area contributed by atoms with Crippen molar-refractivity contribution >= 4 is 23.9 Å². The lowest BCUT2D eigenvalue weighted by molar-refractivity contribution is -0.156. The van der Waals surface area contributed by atoms with Crippen molar-refractivity contribution in [2.24, 2.45) is 23.7 Å². The Kier molecular flexibility index (Phi) is 8.16. The van der Waals surface area contributed by atoms with E-state index in [1.165, 1.54) is 0 Å². The Morgan fingerprint density at radius 1 is 1.24 bits per heavy atom. The molecule has 2 fully saturated rings. The Morgan fingerprint density at radius 3 is 2.39 bits per heavy atom. The number of amides is 2. The molecular weight excluding hydrogens is 432 g/mol. The van der Waals surface area contributed by atoms with E-state index in [1.54, 1.807) is 34.6 Å². The van der Waals surface area contributed by atoms with Gasteiger partial charge in [0.2, 0.25) is 5.91 Å². The maximum Gasteiger partial charge on any atom is 0.408 e. The predicted octanol–water partition coefficient (Wildman–Crippen LogP) is 1.66. The number of rotatable bonds is 9. The summed E-state index contributed by atoms with van der Waals surface area (Å²) in [4.78, 5) is 51.1. The number of carbonyl (C=O) groups is 4. The minimum absolute atomic E-state index is 0.0522. The molecule has 1 unspecified atom stereocenters. The monoisotopic (exact) mass is 468 g/mol. The van der Waals surface area contributed by atoms with Gasteiger partial charge in [-0.05, 0) is 33.6 Å². The van der Waals surface area contributed by atoms with Gasteiger partial charge in [-0.25, -0.2) is 9.59 Å². The highest BCUT2D eigenvalue weighted by Crippen LogP contribution is 2.63. The summed E-state index contributed by atoms with van der Waals surface area (Å²) >= 11 is 0. The van der Waals surface area contributed by atoms with Gasteiger partial charge in [-0.3, -0.25) is 9.59 Å². The molecule has 2 aliphatic rings. The molecule has 7 atom stereocenters. The number of hydrogen-bond acceptors (Lipinski definition) is 8. The van der Waals surface area contributed by atoms with Crippen molar-refractivity contribution in [2.45, 2.75) is 77.7 Å². The van der Waals surface area contributed by atoms with Gasteiger partial charge in [-0.2, -0.15) is 0 Å². The lowest BCUT2D eigenvalue weighted by Gasteiger charge is -2.34. The zero-order valence-electron chi connectivity index (χ0n) is 20.2. The number of alkyl carbamates (subject to hydrolysis) is 1. The van der Waals surface area contributed by atoms with Crippen LogP contribution in [0.25, 0.3) is 0 Å². The summed E-state index contributed by atoms with van der Waals surface area (Å²) in [6.45, 7) is 13.8. The second-order valence-corrected chi connectivity index (χ2v) is 9.69. The van der Waals surface area contributed by atoms with E-state index in [0.717, 1.165) is 6.26 Å². The van der Waals surface area contributed by atoms with Gasteiger partial charge in [0.05, 0.1) is 24.9 Å². The molecule has 10 nitrogen and oxygen atoms in total. The van der Waals surface area contributed by atoms with Crippen LogP contribution in [0.3, 0.4) is 0 Å². The Bertz CT molecular complexity index is 792. The fourth-order valence-corrected chi connectivity index (χ4v) is 4.61. The van der Waals surface area contributed by atoms with Crippen molar-refractivity contribution in [2.75, 3.05) is 6.61 Å². The average molecular weight is 469 g/mol.